The van der Waals surface area contributed by atoms with E-state index < -0.39 is 36.0 Å². The first-order chi connectivity index (χ1) is 20.8. The molecule has 3 aromatic carbocycles. The molecule has 0 radical (unpaired) electrons. The third kappa shape index (κ3) is 12.3. The minimum Gasteiger partial charge on any atom is -0.478 e. The van der Waals surface area contributed by atoms with Crippen LogP contribution in [0.5, 0.6) is 11.5 Å². The zero-order valence-corrected chi connectivity index (χ0v) is 24.2. The van der Waals surface area contributed by atoms with E-state index in [-0.39, 0.29) is 24.7 Å². The topological polar surface area (TPSA) is 143 Å². The van der Waals surface area contributed by atoms with Crippen molar-refractivity contribution in [1.29, 1.82) is 0 Å². The number of hydrogen-bond donors (Lipinski definition) is 3. The van der Waals surface area contributed by atoms with Gasteiger partial charge in [0.05, 0.1) is 13.2 Å². The number of hydrogen-bond acceptors (Lipinski definition) is 8. The number of benzene rings is 3. The number of carboxylic acids is 2. The van der Waals surface area contributed by atoms with Crippen molar-refractivity contribution in [3.8, 4) is 23.3 Å². The van der Waals surface area contributed by atoms with Gasteiger partial charge in [-0.25, -0.2) is 9.59 Å². The van der Waals surface area contributed by atoms with Crippen LogP contribution in [0.1, 0.15) is 25.3 Å². The molecule has 0 aliphatic rings. The minimum atomic E-state index is -1.68. The number of rotatable bonds is 14. The molecule has 3 unspecified atom stereocenters. The zero-order valence-electron chi connectivity index (χ0n) is 24.2. The summed E-state index contributed by atoms with van der Waals surface area (Å²) in [5, 5.41) is 27.9. The number of aliphatic carboxylic acids is 2. The molecule has 0 aliphatic carbocycles. The molecule has 0 bridgehead atoms. The number of para-hydroxylation sites is 2. The van der Waals surface area contributed by atoms with Gasteiger partial charge in [0.15, 0.2) is 6.61 Å². The summed E-state index contributed by atoms with van der Waals surface area (Å²) in [6.45, 7) is 6.52. The molecule has 3 N–H and O–H groups in total. The van der Waals surface area contributed by atoms with Crippen molar-refractivity contribution >= 4 is 17.9 Å². The smallest absolute Gasteiger partial charge is 0.349 e. The normalized spacial score (nSPS) is 12.3. The fraction of sp³-hybridized carbons (Fsp3) is 0.303. The van der Waals surface area contributed by atoms with Gasteiger partial charge < -0.3 is 29.5 Å². The second-order valence-electron chi connectivity index (χ2n) is 8.95. The lowest BCUT2D eigenvalue weighted by atomic mass is 10.0. The summed E-state index contributed by atoms with van der Waals surface area (Å²) in [5.74, 6) is 2.37. The molecule has 10 nitrogen and oxygen atoms in total. The first kappa shape index (κ1) is 34.4. The molecule has 0 saturated carbocycles. The third-order valence-corrected chi connectivity index (χ3v) is 6.05. The zero-order chi connectivity index (χ0) is 31.5. The summed E-state index contributed by atoms with van der Waals surface area (Å²) < 4.78 is 15.6. The van der Waals surface area contributed by atoms with Crippen molar-refractivity contribution < 1.29 is 43.9 Å². The molecule has 3 aromatic rings. The fourth-order valence-corrected chi connectivity index (χ4v) is 3.65. The predicted octanol–water partition coefficient (Wildman–Crippen LogP) is 3.70. The van der Waals surface area contributed by atoms with E-state index in [0.717, 1.165) is 18.7 Å². The van der Waals surface area contributed by atoms with E-state index in [9.17, 15) is 29.7 Å². The molecular formula is C33H37NO9. The van der Waals surface area contributed by atoms with Crippen molar-refractivity contribution in [2.24, 2.45) is 0 Å². The summed E-state index contributed by atoms with van der Waals surface area (Å²) in [6, 6.07) is 25.4. The standard InChI is InChI=1S/C17H23NO3.C16H14O6/c1-3-18(4-2)12-8-9-13-21-17(20)16(14-19)15-10-6-5-7-11-15;17-15(18)13(21-11-7-3-1-4-8-11)14(16(19)20)22-12-9-5-2-6-10-12/h5-7,10-11,16,19H,3-4,12-14H2,1-2H3;1-10,13-14H,(H,17,18)(H,19,20). The number of carbonyl (C=O) groups excluding carboxylic acids is 1. The van der Waals surface area contributed by atoms with E-state index in [1.807, 2.05) is 18.2 Å². The van der Waals surface area contributed by atoms with Gasteiger partial charge in [-0.15, -0.1) is 0 Å². The van der Waals surface area contributed by atoms with E-state index in [2.05, 4.69) is 30.6 Å². The van der Waals surface area contributed by atoms with Crippen LogP contribution in [-0.4, -0.2) is 83.2 Å². The van der Waals surface area contributed by atoms with Gasteiger partial charge in [-0.05, 0) is 42.9 Å². The molecule has 43 heavy (non-hydrogen) atoms. The lowest BCUT2D eigenvalue weighted by Crippen LogP contribution is -2.47. The Labute approximate surface area is 251 Å². The molecule has 10 heteroatoms. The third-order valence-electron chi connectivity index (χ3n) is 6.05. The van der Waals surface area contributed by atoms with Crippen LogP contribution in [0.3, 0.4) is 0 Å². The van der Waals surface area contributed by atoms with Crippen molar-refractivity contribution in [1.82, 2.24) is 4.90 Å². The van der Waals surface area contributed by atoms with Crippen molar-refractivity contribution in [2.45, 2.75) is 32.0 Å². The maximum atomic E-state index is 11.9. The highest BCUT2D eigenvalue weighted by atomic mass is 16.6. The highest BCUT2D eigenvalue weighted by Crippen LogP contribution is 2.18. The Morgan fingerprint density at radius 3 is 1.56 bits per heavy atom. The lowest BCUT2D eigenvalue weighted by molar-refractivity contribution is -0.161. The number of carbonyl (C=O) groups is 3. The summed E-state index contributed by atoms with van der Waals surface area (Å²) in [7, 11) is 0. The Morgan fingerprint density at radius 1 is 0.721 bits per heavy atom. The molecule has 0 aromatic heterocycles. The maximum Gasteiger partial charge on any atom is 0.349 e. The molecule has 0 heterocycles. The number of carboxylic acid groups (broad SMARTS) is 2. The molecule has 3 rings (SSSR count). The van der Waals surface area contributed by atoms with Gasteiger partial charge in [-0.1, -0.05) is 92.4 Å². The Bertz CT molecular complexity index is 1250. The maximum absolute atomic E-state index is 11.9. The van der Waals surface area contributed by atoms with Crippen LogP contribution < -0.4 is 9.47 Å². The van der Waals surface area contributed by atoms with Crippen LogP contribution in [0.15, 0.2) is 91.0 Å². The largest absolute Gasteiger partial charge is 0.478 e. The van der Waals surface area contributed by atoms with Crippen LogP contribution in [0.25, 0.3) is 0 Å². The first-order valence-corrected chi connectivity index (χ1v) is 13.7. The summed E-state index contributed by atoms with van der Waals surface area (Å²) in [4.78, 5) is 36.8. The lowest BCUT2D eigenvalue weighted by Gasteiger charge is -2.22. The molecule has 0 saturated heterocycles. The van der Waals surface area contributed by atoms with Crippen LogP contribution >= 0.6 is 0 Å². The van der Waals surface area contributed by atoms with Crippen molar-refractivity contribution in [3.05, 3.63) is 96.6 Å². The van der Waals surface area contributed by atoms with E-state index in [1.54, 1.807) is 48.5 Å². The van der Waals surface area contributed by atoms with Gasteiger partial charge in [-0.2, -0.15) is 0 Å². The molecule has 228 valence electrons. The van der Waals surface area contributed by atoms with Crippen LogP contribution in [0.4, 0.5) is 0 Å². The Kier molecular flexibility index (Phi) is 15.4. The quantitative estimate of drug-likeness (QED) is 0.188. The molecule has 0 aliphatic heterocycles. The van der Waals surface area contributed by atoms with Crippen molar-refractivity contribution in [2.75, 3.05) is 32.8 Å². The molecule has 0 spiro atoms. The fourth-order valence-electron chi connectivity index (χ4n) is 3.65. The van der Waals surface area contributed by atoms with Gasteiger partial charge in [0.25, 0.3) is 0 Å². The molecule has 3 atom stereocenters. The number of ether oxygens (including phenoxy) is 3. The van der Waals surface area contributed by atoms with E-state index in [4.69, 9.17) is 14.2 Å². The van der Waals surface area contributed by atoms with Crippen LogP contribution in [0.2, 0.25) is 0 Å². The first-order valence-electron chi connectivity index (χ1n) is 13.7. The van der Waals surface area contributed by atoms with Gasteiger partial charge >= 0.3 is 17.9 Å². The SMILES string of the molecule is CCN(CC)CC#CCOC(=O)C(CO)c1ccccc1.O=C(O)C(Oc1ccccc1)C(Oc1ccccc1)C(=O)O. The van der Waals surface area contributed by atoms with Gasteiger partial charge in [0.1, 0.15) is 17.4 Å². The minimum absolute atomic E-state index is 0.0590. The average Bonchev–Trinajstić information content (AvgIpc) is 3.02. The Morgan fingerprint density at radius 2 is 1.16 bits per heavy atom. The number of nitrogens with zero attached hydrogens (tertiary/aromatic N) is 1. The summed E-state index contributed by atoms with van der Waals surface area (Å²) in [6.07, 6.45) is -3.36. The number of aliphatic hydroxyl groups excluding tert-OH is 1. The van der Waals surface area contributed by atoms with Gasteiger partial charge in [0, 0.05) is 0 Å². The Hall–Kier alpha value is -4.85. The van der Waals surface area contributed by atoms with Gasteiger partial charge in [0.2, 0.25) is 12.2 Å². The average molecular weight is 592 g/mol. The molecule has 0 amide bonds. The summed E-state index contributed by atoms with van der Waals surface area (Å²) in [5.41, 5.74) is 0.751. The highest BCUT2D eigenvalue weighted by molar-refractivity contribution is 5.84. The molecule has 0 fully saturated rings. The predicted molar refractivity (Wildman–Crippen MR) is 160 cm³/mol. The van der Waals surface area contributed by atoms with Gasteiger partial charge in [-0.3, -0.25) is 9.69 Å². The van der Waals surface area contributed by atoms with Crippen LogP contribution in [0, 0.1) is 11.8 Å². The van der Waals surface area contributed by atoms with Crippen LogP contribution in [-0.2, 0) is 19.1 Å². The second-order valence-corrected chi connectivity index (χ2v) is 8.95. The van der Waals surface area contributed by atoms with E-state index >= 15 is 0 Å². The monoisotopic (exact) mass is 591 g/mol. The van der Waals surface area contributed by atoms with Crippen molar-refractivity contribution in [3.63, 3.8) is 0 Å². The number of esters is 1. The second kappa shape index (κ2) is 19.3. The highest BCUT2D eigenvalue weighted by Gasteiger charge is 2.38. The number of aliphatic hydroxyl groups is 1. The van der Waals surface area contributed by atoms with E-state index in [0.29, 0.717) is 6.54 Å². The summed E-state index contributed by atoms with van der Waals surface area (Å²) >= 11 is 0. The Balaban J connectivity index is 0.000000301. The molecular weight excluding hydrogens is 554 g/mol. The van der Waals surface area contributed by atoms with E-state index in [1.165, 1.54) is 24.3 Å².